The van der Waals surface area contributed by atoms with Crippen LogP contribution in [0, 0.1) is 0 Å². The number of amides is 1. The van der Waals surface area contributed by atoms with E-state index in [1.165, 1.54) is 27.5 Å². The van der Waals surface area contributed by atoms with Crippen LogP contribution in [0.1, 0.15) is 10.4 Å². The third-order valence-corrected chi connectivity index (χ3v) is 5.61. The fraction of sp³-hybridized carbons (Fsp3) is 0.154. The molecule has 0 fully saturated rings. The second kappa shape index (κ2) is 10.4. The molecule has 0 radical (unpaired) electrons. The number of anilines is 3. The molecule has 0 saturated carbocycles. The Kier molecular flexibility index (Phi) is 7.12. The number of pyridine rings is 1. The van der Waals surface area contributed by atoms with Crippen molar-refractivity contribution in [1.29, 1.82) is 0 Å². The first-order valence-electron chi connectivity index (χ1n) is 10.6. The van der Waals surface area contributed by atoms with Crippen molar-refractivity contribution in [2.75, 3.05) is 39.1 Å². The number of carbonyl (C=O) groups excluding carboxylic acids is 1. The number of hydrogen-bond acceptors (Lipinski definition) is 7. The Morgan fingerprint density at radius 1 is 0.829 bits per heavy atom. The number of aromatic nitrogens is 1. The number of benzene rings is 3. The average Bonchev–Trinajstić information content (AvgIpc) is 2.88. The van der Waals surface area contributed by atoms with Crippen LogP contribution in [0.2, 0.25) is 5.02 Å². The lowest BCUT2D eigenvalue weighted by molar-refractivity contribution is 0.102. The lowest BCUT2D eigenvalue weighted by atomic mass is 10.1. The van der Waals surface area contributed by atoms with Gasteiger partial charge in [-0.2, -0.15) is 0 Å². The number of halogens is 1. The van der Waals surface area contributed by atoms with Gasteiger partial charge in [0.2, 0.25) is 5.75 Å². The van der Waals surface area contributed by atoms with Gasteiger partial charge in [0.25, 0.3) is 5.91 Å². The number of hydrogen-bond donors (Lipinski definition) is 2. The van der Waals surface area contributed by atoms with Gasteiger partial charge in [-0.1, -0.05) is 35.9 Å². The SMILES string of the molecule is COc1cc(Cl)ccc1Nc1ncc(C(=O)Nc2cc(OC)c(OC)c(OC)c2)c2ccccc12. The van der Waals surface area contributed by atoms with Crippen molar-refractivity contribution in [3.8, 4) is 23.0 Å². The van der Waals surface area contributed by atoms with Gasteiger partial charge >= 0.3 is 0 Å². The van der Waals surface area contributed by atoms with Gasteiger partial charge in [-0.15, -0.1) is 0 Å². The van der Waals surface area contributed by atoms with Gasteiger partial charge in [0.1, 0.15) is 11.6 Å². The molecule has 0 aliphatic rings. The van der Waals surface area contributed by atoms with Crippen molar-refractivity contribution >= 4 is 45.5 Å². The summed E-state index contributed by atoms with van der Waals surface area (Å²) in [5.41, 5.74) is 1.59. The van der Waals surface area contributed by atoms with Crippen molar-refractivity contribution in [3.63, 3.8) is 0 Å². The van der Waals surface area contributed by atoms with Crippen molar-refractivity contribution < 1.29 is 23.7 Å². The Morgan fingerprint density at radius 3 is 2.11 bits per heavy atom. The summed E-state index contributed by atoms with van der Waals surface area (Å²) in [5, 5.41) is 8.22. The highest BCUT2D eigenvalue weighted by atomic mass is 35.5. The molecule has 35 heavy (non-hydrogen) atoms. The maximum Gasteiger partial charge on any atom is 0.257 e. The van der Waals surface area contributed by atoms with Gasteiger partial charge in [0.05, 0.1) is 39.7 Å². The predicted molar refractivity (Wildman–Crippen MR) is 137 cm³/mol. The van der Waals surface area contributed by atoms with E-state index in [4.69, 9.17) is 30.5 Å². The van der Waals surface area contributed by atoms with Crippen molar-refractivity contribution in [1.82, 2.24) is 4.98 Å². The number of rotatable bonds is 8. The second-order valence-corrected chi connectivity index (χ2v) is 7.84. The molecule has 180 valence electrons. The summed E-state index contributed by atoms with van der Waals surface area (Å²) in [6.45, 7) is 0. The summed E-state index contributed by atoms with van der Waals surface area (Å²) in [5.74, 6) is 2.12. The third kappa shape index (κ3) is 4.88. The predicted octanol–water partition coefficient (Wildman–Crippen LogP) is 5.92. The quantitative estimate of drug-likeness (QED) is 0.315. The molecule has 0 aliphatic heterocycles. The lowest BCUT2D eigenvalue weighted by Gasteiger charge is -2.16. The molecular weight excluding hydrogens is 470 g/mol. The Hall–Kier alpha value is -4.17. The standard InChI is InChI=1S/C26H24ClN3O5/c1-32-21-11-15(27)9-10-20(21)30-25-18-8-6-5-7-17(18)19(14-28-25)26(31)29-16-12-22(33-2)24(35-4)23(13-16)34-3/h5-14H,1-4H3,(H,28,30)(H,29,31). The molecule has 4 rings (SSSR count). The van der Waals surface area contributed by atoms with Crippen LogP contribution in [0.4, 0.5) is 17.2 Å². The van der Waals surface area contributed by atoms with E-state index in [0.29, 0.717) is 50.8 Å². The molecule has 0 saturated heterocycles. The largest absolute Gasteiger partial charge is 0.495 e. The van der Waals surface area contributed by atoms with Gasteiger partial charge in [0.15, 0.2) is 11.5 Å². The zero-order valence-corrected chi connectivity index (χ0v) is 20.4. The summed E-state index contributed by atoms with van der Waals surface area (Å²) >= 11 is 6.08. The molecule has 2 N–H and O–H groups in total. The van der Waals surface area contributed by atoms with Crippen molar-refractivity contribution in [2.24, 2.45) is 0 Å². The lowest BCUT2D eigenvalue weighted by Crippen LogP contribution is -2.14. The minimum atomic E-state index is -0.335. The first kappa shape index (κ1) is 24.0. The zero-order valence-electron chi connectivity index (χ0n) is 19.6. The molecule has 3 aromatic carbocycles. The second-order valence-electron chi connectivity index (χ2n) is 7.40. The number of nitrogens with one attached hydrogen (secondary N) is 2. The van der Waals surface area contributed by atoms with Gasteiger partial charge in [-0.05, 0) is 17.5 Å². The fourth-order valence-corrected chi connectivity index (χ4v) is 3.88. The molecule has 0 unspecified atom stereocenters. The zero-order chi connectivity index (χ0) is 24.9. The minimum absolute atomic E-state index is 0.335. The van der Waals surface area contributed by atoms with Crippen molar-refractivity contribution in [2.45, 2.75) is 0 Å². The first-order valence-corrected chi connectivity index (χ1v) is 11.0. The van der Waals surface area contributed by atoms with Gasteiger partial charge in [-0.25, -0.2) is 4.98 Å². The molecule has 1 aromatic heterocycles. The Bertz CT molecular complexity index is 1370. The number of fused-ring (bicyclic) bond motifs is 1. The molecule has 0 bridgehead atoms. The normalized spacial score (nSPS) is 10.5. The van der Waals surface area contributed by atoms with Gasteiger partial charge < -0.3 is 29.6 Å². The Morgan fingerprint density at radius 2 is 1.49 bits per heavy atom. The first-order chi connectivity index (χ1) is 17.0. The van der Waals surface area contributed by atoms with E-state index in [-0.39, 0.29) is 5.91 Å². The molecule has 0 aliphatic carbocycles. The van der Waals surface area contributed by atoms with Crippen LogP contribution in [-0.4, -0.2) is 39.3 Å². The van der Waals surface area contributed by atoms with E-state index in [0.717, 1.165) is 10.8 Å². The van der Waals surface area contributed by atoms with Crippen LogP contribution in [0.15, 0.2) is 60.8 Å². The summed E-state index contributed by atoms with van der Waals surface area (Å²) in [6, 6.07) is 16.1. The van der Waals surface area contributed by atoms with Gasteiger partial charge in [-0.3, -0.25) is 4.79 Å². The highest BCUT2D eigenvalue weighted by Crippen LogP contribution is 2.40. The van der Waals surface area contributed by atoms with Crippen LogP contribution in [0.3, 0.4) is 0 Å². The molecular formula is C26H24ClN3O5. The monoisotopic (exact) mass is 493 g/mol. The Labute approximate surface area is 207 Å². The molecule has 8 nitrogen and oxygen atoms in total. The number of ether oxygens (including phenoxy) is 4. The van der Waals surface area contributed by atoms with E-state index in [1.54, 1.807) is 31.4 Å². The molecule has 0 spiro atoms. The molecule has 0 atom stereocenters. The van der Waals surface area contributed by atoms with E-state index in [1.807, 2.05) is 30.3 Å². The molecule has 1 heterocycles. The Balaban J connectivity index is 1.69. The molecule has 1 amide bonds. The fourth-order valence-electron chi connectivity index (χ4n) is 3.72. The smallest absolute Gasteiger partial charge is 0.257 e. The third-order valence-electron chi connectivity index (χ3n) is 5.38. The topological polar surface area (TPSA) is 90.9 Å². The van der Waals surface area contributed by atoms with Crippen LogP contribution in [0.5, 0.6) is 23.0 Å². The minimum Gasteiger partial charge on any atom is -0.495 e. The summed E-state index contributed by atoms with van der Waals surface area (Å²) < 4.78 is 21.5. The highest BCUT2D eigenvalue weighted by Gasteiger charge is 2.18. The van der Waals surface area contributed by atoms with E-state index in [9.17, 15) is 4.79 Å². The number of carbonyl (C=O) groups is 1. The number of methoxy groups -OCH3 is 4. The van der Waals surface area contributed by atoms with E-state index < -0.39 is 0 Å². The maximum absolute atomic E-state index is 13.3. The summed E-state index contributed by atoms with van der Waals surface area (Å²) in [6.07, 6.45) is 1.53. The van der Waals surface area contributed by atoms with Crippen LogP contribution >= 0.6 is 11.6 Å². The van der Waals surface area contributed by atoms with Gasteiger partial charge in [0, 0.05) is 40.5 Å². The van der Waals surface area contributed by atoms with Crippen LogP contribution in [0.25, 0.3) is 10.8 Å². The van der Waals surface area contributed by atoms with Crippen LogP contribution in [-0.2, 0) is 0 Å². The average molecular weight is 494 g/mol. The molecule has 9 heteroatoms. The van der Waals surface area contributed by atoms with Crippen molar-refractivity contribution in [3.05, 3.63) is 71.4 Å². The summed E-state index contributed by atoms with van der Waals surface area (Å²) in [7, 11) is 6.12. The maximum atomic E-state index is 13.3. The highest BCUT2D eigenvalue weighted by molar-refractivity contribution is 6.30. The van der Waals surface area contributed by atoms with E-state index in [2.05, 4.69) is 15.6 Å². The van der Waals surface area contributed by atoms with Crippen LogP contribution < -0.4 is 29.6 Å². The number of nitrogens with zero attached hydrogens (tertiary/aromatic N) is 1. The van der Waals surface area contributed by atoms with E-state index >= 15 is 0 Å². The molecule has 4 aromatic rings. The summed E-state index contributed by atoms with van der Waals surface area (Å²) in [4.78, 5) is 17.8.